The lowest BCUT2D eigenvalue weighted by Gasteiger charge is -2.27. The molecule has 2 aliphatic heterocycles. The molecule has 2 fully saturated rings. The number of piperidine rings is 1. The Bertz CT molecular complexity index is 964. The molecule has 28 heavy (non-hydrogen) atoms. The van der Waals surface area contributed by atoms with Gasteiger partial charge in [0.25, 0.3) is 0 Å². The van der Waals surface area contributed by atoms with Crippen molar-refractivity contribution in [3.05, 3.63) is 29.8 Å². The van der Waals surface area contributed by atoms with Crippen molar-refractivity contribution >= 4 is 44.8 Å². The van der Waals surface area contributed by atoms with Crippen LogP contribution >= 0.6 is 11.3 Å². The van der Waals surface area contributed by atoms with Crippen LogP contribution in [-0.2, 0) is 0 Å². The van der Waals surface area contributed by atoms with Crippen molar-refractivity contribution in [3.8, 4) is 0 Å². The van der Waals surface area contributed by atoms with Crippen molar-refractivity contribution in [1.29, 1.82) is 0 Å². The largest absolute Gasteiger partial charge is 0.369 e. The zero-order valence-corrected chi connectivity index (χ0v) is 17.1. The van der Waals surface area contributed by atoms with E-state index >= 15 is 0 Å². The molecule has 0 saturated carbocycles. The van der Waals surface area contributed by atoms with Gasteiger partial charge in [-0.15, -0.1) is 11.3 Å². The fraction of sp³-hybridized carbons (Fsp3) is 0.476. The summed E-state index contributed by atoms with van der Waals surface area (Å²) in [5, 5.41) is 3.53. The van der Waals surface area contributed by atoms with Gasteiger partial charge in [0.15, 0.2) is 10.6 Å². The first-order valence-corrected chi connectivity index (χ1v) is 11.2. The molecule has 146 valence electrons. The number of anilines is 4. The normalized spacial score (nSPS) is 20.1. The van der Waals surface area contributed by atoms with Crippen LogP contribution in [0.3, 0.4) is 0 Å². The summed E-state index contributed by atoms with van der Waals surface area (Å²) in [7, 11) is 0. The van der Waals surface area contributed by atoms with Crippen molar-refractivity contribution in [3.63, 3.8) is 0 Å². The molecule has 0 aliphatic carbocycles. The number of aromatic nitrogens is 3. The average molecular weight is 395 g/mol. The molecular weight excluding hydrogens is 368 g/mol. The lowest BCUT2D eigenvalue weighted by molar-refractivity contribution is 0.569. The molecule has 1 aromatic carbocycles. The molecule has 6 nitrogen and oxygen atoms in total. The maximum atomic E-state index is 4.87. The Labute approximate surface area is 169 Å². The van der Waals surface area contributed by atoms with Gasteiger partial charge in [-0.05, 0) is 57.2 Å². The van der Waals surface area contributed by atoms with Crippen molar-refractivity contribution in [1.82, 2.24) is 15.0 Å². The van der Waals surface area contributed by atoms with Gasteiger partial charge in [0.2, 0.25) is 5.95 Å². The van der Waals surface area contributed by atoms with Crippen LogP contribution in [-0.4, -0.2) is 40.6 Å². The van der Waals surface area contributed by atoms with E-state index in [1.54, 1.807) is 11.3 Å². The minimum Gasteiger partial charge on any atom is -0.369 e. The highest BCUT2D eigenvalue weighted by Gasteiger charge is 2.21. The Balaban J connectivity index is 1.47. The van der Waals surface area contributed by atoms with Gasteiger partial charge in [-0.25, -0.2) is 4.98 Å². The van der Waals surface area contributed by atoms with E-state index in [-0.39, 0.29) is 0 Å². The van der Waals surface area contributed by atoms with E-state index in [0.717, 1.165) is 47.4 Å². The second kappa shape index (κ2) is 7.54. The number of rotatable bonds is 4. The highest BCUT2D eigenvalue weighted by molar-refractivity contribution is 7.16. The van der Waals surface area contributed by atoms with Crippen LogP contribution in [0.25, 0.3) is 10.3 Å². The molecular formula is C21H26N6S. The number of thiazole rings is 1. The summed E-state index contributed by atoms with van der Waals surface area (Å²) >= 11 is 1.58. The van der Waals surface area contributed by atoms with Crippen molar-refractivity contribution in [2.24, 2.45) is 0 Å². The van der Waals surface area contributed by atoms with E-state index in [9.17, 15) is 0 Å². The Morgan fingerprint density at radius 2 is 1.96 bits per heavy atom. The molecule has 1 N–H and O–H groups in total. The van der Waals surface area contributed by atoms with Crippen LogP contribution in [0.5, 0.6) is 0 Å². The van der Waals surface area contributed by atoms with Crippen molar-refractivity contribution < 1.29 is 0 Å². The first kappa shape index (κ1) is 17.7. The molecule has 2 aromatic heterocycles. The predicted octanol–water partition coefficient (Wildman–Crippen LogP) is 4.81. The molecule has 0 radical (unpaired) electrons. The van der Waals surface area contributed by atoms with E-state index in [1.807, 2.05) is 5.51 Å². The standard InChI is InChI=1S/C21H26N6S/c1-15-7-6-12-27(15)17-9-5-8-16(13-17)23-19-18-20(28-14-22-18)25-21(24-19)26-10-3-2-4-11-26/h5,8-9,13-15H,2-4,6-7,10-12H2,1H3,(H,23,24,25)/t15-/m0/s1. The molecule has 0 amide bonds. The summed E-state index contributed by atoms with van der Waals surface area (Å²) in [6.07, 6.45) is 6.25. The molecule has 0 unspecified atom stereocenters. The summed E-state index contributed by atoms with van der Waals surface area (Å²) in [5.74, 6) is 1.63. The van der Waals surface area contributed by atoms with Crippen LogP contribution in [0.15, 0.2) is 29.8 Å². The first-order valence-electron chi connectivity index (χ1n) is 10.3. The van der Waals surface area contributed by atoms with E-state index < -0.39 is 0 Å². The average Bonchev–Trinajstić information content (AvgIpc) is 3.38. The third kappa shape index (κ3) is 3.39. The second-order valence-corrected chi connectivity index (χ2v) is 8.62. The van der Waals surface area contributed by atoms with Gasteiger partial charge in [-0.2, -0.15) is 9.97 Å². The third-order valence-electron chi connectivity index (χ3n) is 5.82. The number of hydrogen-bond acceptors (Lipinski definition) is 7. The molecule has 2 saturated heterocycles. The van der Waals surface area contributed by atoms with E-state index in [4.69, 9.17) is 9.97 Å². The van der Waals surface area contributed by atoms with Crippen LogP contribution in [0.2, 0.25) is 0 Å². The smallest absolute Gasteiger partial charge is 0.228 e. The van der Waals surface area contributed by atoms with Gasteiger partial charge in [0.1, 0.15) is 5.52 Å². The Hall–Kier alpha value is -2.41. The second-order valence-electron chi connectivity index (χ2n) is 7.79. The van der Waals surface area contributed by atoms with Gasteiger partial charge in [-0.3, -0.25) is 0 Å². The van der Waals surface area contributed by atoms with E-state index in [2.05, 4.69) is 51.3 Å². The minimum absolute atomic E-state index is 0.602. The predicted molar refractivity (Wildman–Crippen MR) is 117 cm³/mol. The van der Waals surface area contributed by atoms with Gasteiger partial charge in [0, 0.05) is 37.1 Å². The summed E-state index contributed by atoms with van der Waals surface area (Å²) in [6, 6.07) is 9.25. The van der Waals surface area contributed by atoms with E-state index in [0.29, 0.717) is 6.04 Å². The SMILES string of the molecule is C[C@H]1CCCN1c1cccc(Nc2nc(N3CCCCC3)nc3scnc23)c1. The topological polar surface area (TPSA) is 57.2 Å². The van der Waals surface area contributed by atoms with Crippen LogP contribution < -0.4 is 15.1 Å². The Kier molecular flexibility index (Phi) is 4.76. The van der Waals surface area contributed by atoms with Gasteiger partial charge in [0.05, 0.1) is 5.51 Å². The highest BCUT2D eigenvalue weighted by Crippen LogP contribution is 2.31. The van der Waals surface area contributed by atoms with Gasteiger partial charge >= 0.3 is 0 Å². The summed E-state index contributed by atoms with van der Waals surface area (Å²) < 4.78 is 0. The third-order valence-corrected chi connectivity index (χ3v) is 6.54. The molecule has 7 heteroatoms. The number of hydrogen-bond donors (Lipinski definition) is 1. The molecule has 0 spiro atoms. The van der Waals surface area contributed by atoms with Gasteiger partial charge < -0.3 is 15.1 Å². The quantitative estimate of drug-likeness (QED) is 0.685. The van der Waals surface area contributed by atoms with Gasteiger partial charge in [-0.1, -0.05) is 6.07 Å². The zero-order chi connectivity index (χ0) is 18.9. The first-order chi connectivity index (χ1) is 13.8. The molecule has 3 aromatic rings. The number of benzene rings is 1. The summed E-state index contributed by atoms with van der Waals surface area (Å²) in [5.41, 5.74) is 5.03. The maximum Gasteiger partial charge on any atom is 0.228 e. The summed E-state index contributed by atoms with van der Waals surface area (Å²) in [4.78, 5) is 19.9. The van der Waals surface area contributed by atoms with Crippen molar-refractivity contribution in [2.75, 3.05) is 34.8 Å². The Morgan fingerprint density at radius 3 is 2.79 bits per heavy atom. The van der Waals surface area contributed by atoms with Crippen LogP contribution in [0.4, 0.5) is 23.1 Å². The number of nitrogens with zero attached hydrogens (tertiary/aromatic N) is 5. The van der Waals surface area contributed by atoms with E-state index in [1.165, 1.54) is 37.8 Å². The highest BCUT2D eigenvalue weighted by atomic mass is 32.1. The number of fused-ring (bicyclic) bond motifs is 1. The number of nitrogens with one attached hydrogen (secondary N) is 1. The fourth-order valence-corrected chi connectivity index (χ4v) is 4.94. The van der Waals surface area contributed by atoms with Crippen LogP contribution in [0, 0.1) is 0 Å². The molecule has 4 heterocycles. The van der Waals surface area contributed by atoms with Crippen LogP contribution in [0.1, 0.15) is 39.0 Å². The molecule has 5 rings (SSSR count). The fourth-order valence-electron chi connectivity index (χ4n) is 4.29. The lowest BCUT2D eigenvalue weighted by atomic mass is 10.1. The lowest BCUT2D eigenvalue weighted by Crippen LogP contribution is -2.31. The zero-order valence-electron chi connectivity index (χ0n) is 16.3. The minimum atomic E-state index is 0.602. The maximum absolute atomic E-state index is 4.87. The monoisotopic (exact) mass is 394 g/mol. The van der Waals surface area contributed by atoms with Crippen molar-refractivity contribution in [2.45, 2.75) is 45.1 Å². The molecule has 1 atom stereocenters. The molecule has 2 aliphatic rings. The molecule has 0 bridgehead atoms. The Morgan fingerprint density at radius 1 is 1.07 bits per heavy atom. The summed E-state index contributed by atoms with van der Waals surface area (Å²) in [6.45, 7) is 5.51.